The minimum absolute atomic E-state index is 0.0791. The van der Waals surface area contributed by atoms with Gasteiger partial charge in [0.1, 0.15) is 0 Å². The molecule has 0 aromatic carbocycles. The summed E-state index contributed by atoms with van der Waals surface area (Å²) in [6.45, 7) is 0. The van der Waals surface area contributed by atoms with Crippen LogP contribution < -0.4 is 5.56 Å². The first-order valence-corrected chi connectivity index (χ1v) is 6.43. The van der Waals surface area contributed by atoms with Gasteiger partial charge in [-0.25, -0.2) is 4.79 Å². The van der Waals surface area contributed by atoms with E-state index in [-0.39, 0.29) is 11.6 Å². The number of rotatable bonds is 2. The van der Waals surface area contributed by atoms with E-state index in [0.29, 0.717) is 10.0 Å². The molecule has 0 amide bonds. The van der Waals surface area contributed by atoms with Crippen LogP contribution in [0.2, 0.25) is 0 Å². The van der Waals surface area contributed by atoms with E-state index in [4.69, 9.17) is 0 Å². The van der Waals surface area contributed by atoms with E-state index in [9.17, 15) is 9.59 Å². The van der Waals surface area contributed by atoms with Crippen LogP contribution in [-0.2, 0) is 4.74 Å². The maximum absolute atomic E-state index is 12.0. The molecule has 0 aliphatic heterocycles. The van der Waals surface area contributed by atoms with Gasteiger partial charge in [0, 0.05) is 12.2 Å². The predicted octanol–water partition coefficient (Wildman–Crippen LogP) is 2.51. The number of methoxy groups -OCH3 is 1. The molecule has 1 saturated carbocycles. The minimum atomic E-state index is -0.419. The summed E-state index contributed by atoms with van der Waals surface area (Å²) >= 11 is 3.20. The van der Waals surface area contributed by atoms with Crippen molar-refractivity contribution in [3.63, 3.8) is 0 Å². The fourth-order valence-corrected chi connectivity index (χ4v) is 2.70. The topological polar surface area (TPSA) is 48.3 Å². The number of ether oxygens (including phenoxy) is 1. The van der Waals surface area contributed by atoms with Crippen molar-refractivity contribution in [2.75, 3.05) is 7.11 Å². The van der Waals surface area contributed by atoms with E-state index in [0.717, 1.165) is 25.7 Å². The standard InChI is InChI=1S/C12H14BrNO3/c1-17-12(16)8-6-10(13)11(15)14(7-8)9-4-2-3-5-9/h6-7,9H,2-5H2,1H3. The number of halogens is 1. The lowest BCUT2D eigenvalue weighted by Crippen LogP contribution is -2.25. The van der Waals surface area contributed by atoms with Gasteiger partial charge in [-0.2, -0.15) is 0 Å². The van der Waals surface area contributed by atoms with Gasteiger partial charge in [-0.15, -0.1) is 0 Å². The Morgan fingerprint density at radius 1 is 1.47 bits per heavy atom. The van der Waals surface area contributed by atoms with Crippen LogP contribution in [0.4, 0.5) is 0 Å². The molecule has 92 valence electrons. The number of aromatic nitrogens is 1. The number of pyridine rings is 1. The van der Waals surface area contributed by atoms with E-state index in [1.54, 1.807) is 10.8 Å². The summed E-state index contributed by atoms with van der Waals surface area (Å²) in [5.41, 5.74) is 0.329. The van der Waals surface area contributed by atoms with E-state index in [1.807, 2.05) is 0 Å². The fraction of sp³-hybridized carbons (Fsp3) is 0.500. The molecule has 5 heteroatoms. The molecule has 4 nitrogen and oxygen atoms in total. The molecule has 0 unspecified atom stereocenters. The second-order valence-electron chi connectivity index (χ2n) is 4.22. The van der Waals surface area contributed by atoms with Crippen LogP contribution in [0.5, 0.6) is 0 Å². The first-order chi connectivity index (χ1) is 8.13. The number of esters is 1. The van der Waals surface area contributed by atoms with Crippen molar-refractivity contribution in [1.82, 2.24) is 4.57 Å². The first-order valence-electron chi connectivity index (χ1n) is 5.63. The number of carbonyl (C=O) groups is 1. The number of nitrogens with zero attached hydrogens (tertiary/aromatic N) is 1. The van der Waals surface area contributed by atoms with Crippen LogP contribution >= 0.6 is 15.9 Å². The quantitative estimate of drug-likeness (QED) is 0.789. The zero-order valence-electron chi connectivity index (χ0n) is 9.61. The highest BCUT2D eigenvalue weighted by atomic mass is 79.9. The molecule has 0 N–H and O–H groups in total. The summed E-state index contributed by atoms with van der Waals surface area (Å²) in [6.07, 6.45) is 5.87. The van der Waals surface area contributed by atoms with Gasteiger partial charge in [0.25, 0.3) is 5.56 Å². The Bertz CT molecular complexity index is 489. The highest BCUT2D eigenvalue weighted by molar-refractivity contribution is 9.10. The largest absolute Gasteiger partial charge is 0.465 e. The lowest BCUT2D eigenvalue weighted by Gasteiger charge is -2.14. The summed E-state index contributed by atoms with van der Waals surface area (Å²) in [4.78, 5) is 23.5. The van der Waals surface area contributed by atoms with Gasteiger partial charge >= 0.3 is 5.97 Å². The number of hydrogen-bond donors (Lipinski definition) is 0. The van der Waals surface area contributed by atoms with Gasteiger partial charge in [-0.05, 0) is 34.8 Å². The van der Waals surface area contributed by atoms with Gasteiger partial charge < -0.3 is 9.30 Å². The summed E-state index contributed by atoms with van der Waals surface area (Å²) in [7, 11) is 1.33. The molecular weight excluding hydrogens is 286 g/mol. The van der Waals surface area contributed by atoms with E-state index in [2.05, 4.69) is 20.7 Å². The average molecular weight is 300 g/mol. The number of carbonyl (C=O) groups excluding carboxylic acids is 1. The SMILES string of the molecule is COC(=O)c1cc(Br)c(=O)n(C2CCCC2)c1. The fourth-order valence-electron chi connectivity index (χ4n) is 2.25. The van der Waals surface area contributed by atoms with Gasteiger partial charge in [0.15, 0.2) is 0 Å². The molecule has 0 atom stereocenters. The molecule has 0 saturated heterocycles. The van der Waals surface area contributed by atoms with Crippen LogP contribution in [-0.4, -0.2) is 17.6 Å². The van der Waals surface area contributed by atoms with E-state index < -0.39 is 5.97 Å². The second kappa shape index (κ2) is 5.04. The first kappa shape index (κ1) is 12.4. The van der Waals surface area contributed by atoms with E-state index >= 15 is 0 Å². The van der Waals surface area contributed by atoms with Crippen LogP contribution in [0.25, 0.3) is 0 Å². The average Bonchev–Trinajstić information content (AvgIpc) is 2.85. The molecule has 1 aromatic heterocycles. The third-order valence-electron chi connectivity index (χ3n) is 3.14. The molecular formula is C12H14BrNO3. The van der Waals surface area contributed by atoms with Crippen molar-refractivity contribution in [2.24, 2.45) is 0 Å². The smallest absolute Gasteiger partial charge is 0.339 e. The Labute approximate surface area is 108 Å². The second-order valence-corrected chi connectivity index (χ2v) is 5.07. The van der Waals surface area contributed by atoms with Crippen molar-refractivity contribution < 1.29 is 9.53 Å². The van der Waals surface area contributed by atoms with Crippen LogP contribution in [0.1, 0.15) is 42.1 Å². The zero-order chi connectivity index (χ0) is 12.4. The Kier molecular flexibility index (Phi) is 3.66. The van der Waals surface area contributed by atoms with Gasteiger partial charge in [0.2, 0.25) is 0 Å². The molecule has 1 fully saturated rings. The highest BCUT2D eigenvalue weighted by Crippen LogP contribution is 2.28. The lowest BCUT2D eigenvalue weighted by molar-refractivity contribution is 0.0599. The third-order valence-corrected chi connectivity index (χ3v) is 3.71. The Hall–Kier alpha value is -1.10. The van der Waals surface area contributed by atoms with Crippen molar-refractivity contribution in [2.45, 2.75) is 31.7 Å². The molecule has 2 rings (SSSR count). The molecule has 1 heterocycles. The van der Waals surface area contributed by atoms with Gasteiger partial charge in [-0.3, -0.25) is 4.79 Å². The minimum Gasteiger partial charge on any atom is -0.465 e. The van der Waals surface area contributed by atoms with Crippen LogP contribution in [0.15, 0.2) is 21.5 Å². The Balaban J connectivity index is 2.46. The highest BCUT2D eigenvalue weighted by Gasteiger charge is 2.20. The molecule has 1 aliphatic rings. The van der Waals surface area contributed by atoms with Crippen molar-refractivity contribution >= 4 is 21.9 Å². The monoisotopic (exact) mass is 299 g/mol. The summed E-state index contributed by atoms with van der Waals surface area (Å²) in [6, 6.07) is 1.72. The van der Waals surface area contributed by atoms with Gasteiger partial charge in [0.05, 0.1) is 17.1 Å². The summed E-state index contributed by atoms with van der Waals surface area (Å²) in [5, 5.41) is 0. The maximum Gasteiger partial charge on any atom is 0.339 e. The third kappa shape index (κ3) is 2.44. The van der Waals surface area contributed by atoms with Crippen molar-refractivity contribution in [3.8, 4) is 0 Å². The molecule has 1 aromatic rings. The normalized spacial score (nSPS) is 16.1. The summed E-state index contributed by atoms with van der Waals surface area (Å²) < 4.78 is 6.74. The molecule has 0 spiro atoms. The van der Waals surface area contributed by atoms with Crippen LogP contribution in [0.3, 0.4) is 0 Å². The number of hydrogen-bond acceptors (Lipinski definition) is 3. The zero-order valence-corrected chi connectivity index (χ0v) is 11.2. The molecule has 17 heavy (non-hydrogen) atoms. The molecule has 0 radical (unpaired) electrons. The van der Waals surface area contributed by atoms with Crippen LogP contribution in [0, 0.1) is 0 Å². The molecule has 1 aliphatic carbocycles. The Morgan fingerprint density at radius 3 is 2.71 bits per heavy atom. The predicted molar refractivity (Wildman–Crippen MR) is 67.2 cm³/mol. The Morgan fingerprint density at radius 2 is 2.12 bits per heavy atom. The van der Waals surface area contributed by atoms with Crippen molar-refractivity contribution in [1.29, 1.82) is 0 Å². The summed E-state index contributed by atoms with van der Waals surface area (Å²) in [5.74, 6) is -0.419. The molecule has 0 bridgehead atoms. The maximum atomic E-state index is 12.0. The lowest BCUT2D eigenvalue weighted by atomic mass is 10.2. The van der Waals surface area contributed by atoms with Crippen molar-refractivity contribution in [3.05, 3.63) is 32.7 Å². The van der Waals surface area contributed by atoms with Gasteiger partial charge in [-0.1, -0.05) is 12.8 Å². The van der Waals surface area contributed by atoms with E-state index in [1.165, 1.54) is 13.2 Å².